The predicted octanol–water partition coefficient (Wildman–Crippen LogP) is 3.78. The monoisotopic (exact) mass is 338 g/mol. The smallest absolute Gasteiger partial charge is 0.223 e. The fourth-order valence-electron chi connectivity index (χ4n) is 4.16. The molecule has 1 N–H and O–H groups in total. The minimum Gasteiger partial charge on any atom is -0.376 e. The summed E-state index contributed by atoms with van der Waals surface area (Å²) in [4.78, 5) is 18.4. The summed E-state index contributed by atoms with van der Waals surface area (Å²) in [6.07, 6.45) is 5.93. The topological polar surface area (TPSA) is 45.3 Å². The van der Waals surface area contributed by atoms with Crippen molar-refractivity contribution in [2.45, 2.75) is 50.7 Å². The van der Waals surface area contributed by atoms with Gasteiger partial charge in [0.05, 0.1) is 12.1 Å². The van der Waals surface area contributed by atoms with Crippen molar-refractivity contribution < 1.29 is 9.53 Å². The Morgan fingerprint density at radius 1 is 1.12 bits per heavy atom. The first-order valence-corrected chi connectivity index (χ1v) is 9.45. The van der Waals surface area contributed by atoms with Gasteiger partial charge in [-0.15, -0.1) is 0 Å². The lowest BCUT2D eigenvalue weighted by molar-refractivity contribution is -0.134. The molecule has 0 bridgehead atoms. The molecule has 1 aliphatic heterocycles. The molecule has 4 nitrogen and oxygen atoms in total. The number of aromatic amines is 1. The molecule has 2 fully saturated rings. The second-order valence-electron chi connectivity index (χ2n) is 7.11. The molecule has 4 rings (SSSR count). The highest BCUT2D eigenvalue weighted by Gasteiger charge is 2.36. The Bertz CT molecular complexity index is 710. The zero-order chi connectivity index (χ0) is 17.1. The van der Waals surface area contributed by atoms with Gasteiger partial charge in [0, 0.05) is 31.0 Å². The van der Waals surface area contributed by atoms with Crippen LogP contribution in [0.1, 0.15) is 37.8 Å². The standard InChI is InChI=1S/C21H26N2O2/c24-21(23-14-5-15-25-20-9-4-8-19(20)23)13-11-17-10-12-18(22-17)16-6-2-1-3-7-16/h1-3,6-7,10,12,19-20,22H,4-5,8-9,11,13-15H2/t19-,20-/m1/s1. The number of nitrogens with zero attached hydrogens (tertiary/aromatic N) is 1. The third kappa shape index (κ3) is 3.64. The van der Waals surface area contributed by atoms with Gasteiger partial charge in [-0.1, -0.05) is 30.3 Å². The minimum absolute atomic E-state index is 0.265. The summed E-state index contributed by atoms with van der Waals surface area (Å²) in [5.41, 5.74) is 3.42. The lowest BCUT2D eigenvalue weighted by Gasteiger charge is -2.30. The number of ether oxygens (including phenoxy) is 1. The SMILES string of the molecule is O=C(CCc1ccc(-c2ccccc2)[nH]1)N1CCCO[C@@H]2CCC[C@H]21. The summed E-state index contributed by atoms with van der Waals surface area (Å²) in [7, 11) is 0. The van der Waals surface area contributed by atoms with Gasteiger partial charge >= 0.3 is 0 Å². The molecular formula is C21H26N2O2. The zero-order valence-corrected chi connectivity index (χ0v) is 14.6. The van der Waals surface area contributed by atoms with E-state index >= 15 is 0 Å². The normalized spacial score (nSPS) is 23.3. The molecule has 1 amide bonds. The molecule has 4 heteroatoms. The van der Waals surface area contributed by atoms with Gasteiger partial charge in [-0.05, 0) is 49.8 Å². The molecule has 2 aliphatic rings. The van der Waals surface area contributed by atoms with E-state index in [2.05, 4.69) is 34.1 Å². The number of aryl methyl sites for hydroxylation is 1. The average molecular weight is 338 g/mol. The van der Waals surface area contributed by atoms with E-state index in [-0.39, 0.29) is 12.0 Å². The van der Waals surface area contributed by atoms with Crippen LogP contribution in [0.4, 0.5) is 0 Å². The van der Waals surface area contributed by atoms with Gasteiger partial charge in [0.1, 0.15) is 0 Å². The number of fused-ring (bicyclic) bond motifs is 1. The van der Waals surface area contributed by atoms with E-state index < -0.39 is 0 Å². The van der Waals surface area contributed by atoms with Crippen molar-refractivity contribution >= 4 is 5.91 Å². The maximum Gasteiger partial charge on any atom is 0.223 e. The van der Waals surface area contributed by atoms with Gasteiger partial charge in [0.2, 0.25) is 5.91 Å². The maximum absolute atomic E-state index is 12.8. The van der Waals surface area contributed by atoms with E-state index in [4.69, 9.17) is 4.74 Å². The Hall–Kier alpha value is -2.07. The van der Waals surface area contributed by atoms with Crippen LogP contribution in [0.3, 0.4) is 0 Å². The number of nitrogens with one attached hydrogen (secondary N) is 1. The van der Waals surface area contributed by atoms with Crippen molar-refractivity contribution in [1.29, 1.82) is 0 Å². The Balaban J connectivity index is 1.38. The van der Waals surface area contributed by atoms with Gasteiger partial charge in [-0.3, -0.25) is 4.79 Å². The quantitative estimate of drug-likeness (QED) is 0.922. The average Bonchev–Trinajstić information content (AvgIpc) is 3.26. The summed E-state index contributed by atoms with van der Waals surface area (Å²) < 4.78 is 5.92. The molecule has 0 spiro atoms. The van der Waals surface area contributed by atoms with Gasteiger partial charge in [0.25, 0.3) is 0 Å². The molecule has 2 atom stereocenters. The number of carbonyl (C=O) groups excluding carboxylic acids is 1. The molecule has 2 heterocycles. The second kappa shape index (κ2) is 7.44. The van der Waals surface area contributed by atoms with Crippen molar-refractivity contribution in [3.63, 3.8) is 0 Å². The van der Waals surface area contributed by atoms with Gasteiger partial charge in [-0.25, -0.2) is 0 Å². The summed E-state index contributed by atoms with van der Waals surface area (Å²) in [5.74, 6) is 0.276. The van der Waals surface area contributed by atoms with Crippen LogP contribution in [-0.4, -0.2) is 41.1 Å². The van der Waals surface area contributed by atoms with Crippen LogP contribution in [-0.2, 0) is 16.0 Å². The largest absolute Gasteiger partial charge is 0.376 e. The second-order valence-corrected chi connectivity index (χ2v) is 7.11. The summed E-state index contributed by atoms with van der Waals surface area (Å²) in [5, 5.41) is 0. The minimum atomic E-state index is 0.265. The van der Waals surface area contributed by atoms with Crippen molar-refractivity contribution in [3.8, 4) is 11.3 Å². The molecule has 1 aliphatic carbocycles. The number of benzene rings is 1. The number of H-pyrrole nitrogens is 1. The molecule has 0 radical (unpaired) electrons. The van der Waals surface area contributed by atoms with Crippen molar-refractivity contribution in [1.82, 2.24) is 9.88 Å². The van der Waals surface area contributed by atoms with Crippen LogP contribution in [0.25, 0.3) is 11.3 Å². The van der Waals surface area contributed by atoms with Crippen molar-refractivity contribution in [2.75, 3.05) is 13.2 Å². The van der Waals surface area contributed by atoms with Crippen molar-refractivity contribution in [3.05, 3.63) is 48.2 Å². The number of hydrogen-bond donors (Lipinski definition) is 1. The van der Waals surface area contributed by atoms with Crippen LogP contribution in [0.15, 0.2) is 42.5 Å². The number of carbonyl (C=O) groups is 1. The Kier molecular flexibility index (Phi) is 4.88. The van der Waals surface area contributed by atoms with E-state index in [1.807, 2.05) is 18.2 Å². The Morgan fingerprint density at radius 2 is 2.00 bits per heavy atom. The lowest BCUT2D eigenvalue weighted by Crippen LogP contribution is -2.43. The Morgan fingerprint density at radius 3 is 2.88 bits per heavy atom. The van der Waals surface area contributed by atoms with Crippen LogP contribution < -0.4 is 0 Å². The van der Waals surface area contributed by atoms with E-state index in [1.165, 1.54) is 12.0 Å². The first-order chi connectivity index (χ1) is 12.3. The molecular weight excluding hydrogens is 312 g/mol. The number of rotatable bonds is 4. The first-order valence-electron chi connectivity index (χ1n) is 9.45. The van der Waals surface area contributed by atoms with Gasteiger partial charge < -0.3 is 14.6 Å². The van der Waals surface area contributed by atoms with Crippen LogP contribution in [0, 0.1) is 0 Å². The highest BCUT2D eigenvalue weighted by Crippen LogP contribution is 2.29. The highest BCUT2D eigenvalue weighted by atomic mass is 16.5. The van der Waals surface area contributed by atoms with Crippen LogP contribution >= 0.6 is 0 Å². The molecule has 25 heavy (non-hydrogen) atoms. The van der Waals surface area contributed by atoms with Crippen LogP contribution in [0.5, 0.6) is 0 Å². The predicted molar refractivity (Wildman–Crippen MR) is 98.3 cm³/mol. The van der Waals surface area contributed by atoms with E-state index in [0.717, 1.165) is 50.2 Å². The van der Waals surface area contributed by atoms with Crippen LogP contribution in [0.2, 0.25) is 0 Å². The first kappa shape index (κ1) is 16.4. The third-order valence-corrected chi connectivity index (χ3v) is 5.45. The fraction of sp³-hybridized carbons (Fsp3) is 0.476. The molecule has 1 saturated carbocycles. The van der Waals surface area contributed by atoms with Gasteiger partial charge in [0.15, 0.2) is 0 Å². The van der Waals surface area contributed by atoms with E-state index in [1.54, 1.807) is 0 Å². The summed E-state index contributed by atoms with van der Waals surface area (Å²) in [6, 6.07) is 14.8. The number of amides is 1. The maximum atomic E-state index is 12.8. The molecule has 2 aromatic rings. The molecule has 1 saturated heterocycles. The number of aromatic nitrogens is 1. The molecule has 1 aromatic carbocycles. The lowest BCUT2D eigenvalue weighted by atomic mass is 10.1. The Labute approximate surface area is 149 Å². The van der Waals surface area contributed by atoms with Gasteiger partial charge in [-0.2, -0.15) is 0 Å². The van der Waals surface area contributed by atoms with E-state index in [9.17, 15) is 4.79 Å². The highest BCUT2D eigenvalue weighted by molar-refractivity contribution is 5.77. The molecule has 0 unspecified atom stereocenters. The third-order valence-electron chi connectivity index (χ3n) is 5.45. The number of hydrogen-bond acceptors (Lipinski definition) is 2. The fourth-order valence-corrected chi connectivity index (χ4v) is 4.16. The van der Waals surface area contributed by atoms with Crippen molar-refractivity contribution in [2.24, 2.45) is 0 Å². The summed E-state index contributed by atoms with van der Waals surface area (Å²) >= 11 is 0. The summed E-state index contributed by atoms with van der Waals surface area (Å²) in [6.45, 7) is 1.64. The molecule has 132 valence electrons. The molecule has 1 aromatic heterocycles. The zero-order valence-electron chi connectivity index (χ0n) is 14.6. The van der Waals surface area contributed by atoms with E-state index in [0.29, 0.717) is 12.5 Å².